The van der Waals surface area contributed by atoms with Gasteiger partial charge in [-0.15, -0.1) is 0 Å². The van der Waals surface area contributed by atoms with Crippen molar-refractivity contribution in [1.29, 1.82) is 0 Å². The lowest BCUT2D eigenvalue weighted by molar-refractivity contribution is -0.0351. The summed E-state index contributed by atoms with van der Waals surface area (Å²) in [5.74, 6) is 0.666. The van der Waals surface area contributed by atoms with Crippen molar-refractivity contribution in [3.8, 4) is 0 Å². The van der Waals surface area contributed by atoms with Crippen molar-refractivity contribution in [2.24, 2.45) is 5.92 Å². The van der Waals surface area contributed by atoms with Gasteiger partial charge in [0.25, 0.3) is 8.32 Å². The molecule has 0 amide bonds. The zero-order valence-corrected chi connectivity index (χ0v) is 17.6. The van der Waals surface area contributed by atoms with Gasteiger partial charge in [0.1, 0.15) is 0 Å². The molecule has 1 aliphatic heterocycles. The first-order chi connectivity index (χ1) is 12.4. The Labute approximate surface area is 159 Å². The van der Waals surface area contributed by atoms with Gasteiger partial charge in [-0.05, 0) is 34.2 Å². The summed E-state index contributed by atoms with van der Waals surface area (Å²) in [6.45, 7) is 10.8. The Balaban J connectivity index is 1.97. The van der Waals surface area contributed by atoms with Gasteiger partial charge in [0.15, 0.2) is 0 Å². The summed E-state index contributed by atoms with van der Waals surface area (Å²) < 4.78 is 13.0. The van der Waals surface area contributed by atoms with Crippen molar-refractivity contribution in [3.63, 3.8) is 0 Å². The normalized spacial score (nSPS) is 21.5. The van der Waals surface area contributed by atoms with E-state index >= 15 is 0 Å². The molecule has 1 heterocycles. The number of rotatable bonds is 5. The van der Waals surface area contributed by atoms with Gasteiger partial charge in [0.2, 0.25) is 0 Å². The fourth-order valence-electron chi connectivity index (χ4n) is 4.05. The number of ether oxygens (including phenoxy) is 1. The summed E-state index contributed by atoms with van der Waals surface area (Å²) in [4.78, 5) is 0. The van der Waals surface area contributed by atoms with E-state index in [2.05, 4.69) is 88.4 Å². The molecule has 26 heavy (non-hydrogen) atoms. The van der Waals surface area contributed by atoms with E-state index in [9.17, 15) is 0 Å². The molecule has 140 valence electrons. The van der Waals surface area contributed by atoms with Crippen LogP contribution in [0.3, 0.4) is 0 Å². The van der Waals surface area contributed by atoms with E-state index in [4.69, 9.17) is 9.16 Å². The Kier molecular flexibility index (Phi) is 6.01. The van der Waals surface area contributed by atoms with Gasteiger partial charge in [0.05, 0.1) is 12.7 Å². The average molecular weight is 369 g/mol. The van der Waals surface area contributed by atoms with Gasteiger partial charge in [-0.3, -0.25) is 0 Å². The summed E-state index contributed by atoms with van der Waals surface area (Å²) in [6, 6.07) is 21.7. The largest absolute Gasteiger partial charge is 0.405 e. The van der Waals surface area contributed by atoms with Crippen LogP contribution in [0.2, 0.25) is 5.04 Å². The second-order valence-corrected chi connectivity index (χ2v) is 12.9. The smallest absolute Gasteiger partial charge is 0.261 e. The van der Waals surface area contributed by atoms with Crippen molar-refractivity contribution in [1.82, 2.24) is 0 Å². The quantitative estimate of drug-likeness (QED) is 0.729. The maximum atomic E-state index is 6.95. The van der Waals surface area contributed by atoms with Crippen LogP contribution in [0.4, 0.5) is 0 Å². The van der Waals surface area contributed by atoms with Crippen molar-refractivity contribution in [3.05, 3.63) is 60.7 Å². The molecule has 0 aromatic heterocycles. The highest BCUT2D eigenvalue weighted by Gasteiger charge is 2.50. The van der Waals surface area contributed by atoms with E-state index in [-0.39, 0.29) is 11.1 Å². The molecule has 3 heteroatoms. The Morgan fingerprint density at radius 3 is 1.88 bits per heavy atom. The molecule has 1 saturated heterocycles. The first-order valence-electron chi connectivity index (χ1n) is 9.80. The third-order valence-corrected chi connectivity index (χ3v) is 10.5. The standard InChI is InChI=1S/C23H32O2Si/c1-19-15-16-20(24-17-19)18-25-26(23(2,3)4,21-11-7-5-8-12-21)22-13-9-6-10-14-22/h5-14,19-20H,15-18H2,1-4H3/t19-,20+/m1/s1. The second kappa shape index (κ2) is 8.08. The van der Waals surface area contributed by atoms with Crippen LogP contribution in [-0.4, -0.2) is 27.6 Å². The third-order valence-electron chi connectivity index (χ3n) is 5.50. The zero-order chi connectivity index (χ0) is 18.6. The zero-order valence-electron chi connectivity index (χ0n) is 16.6. The minimum absolute atomic E-state index is 0.0255. The van der Waals surface area contributed by atoms with Crippen LogP contribution in [0.15, 0.2) is 60.7 Å². The van der Waals surface area contributed by atoms with E-state index in [0.29, 0.717) is 12.5 Å². The van der Waals surface area contributed by atoms with E-state index in [0.717, 1.165) is 13.0 Å². The summed E-state index contributed by atoms with van der Waals surface area (Å²) in [7, 11) is -2.43. The third kappa shape index (κ3) is 3.95. The van der Waals surface area contributed by atoms with Crippen LogP contribution < -0.4 is 10.4 Å². The number of hydrogen-bond acceptors (Lipinski definition) is 2. The molecule has 0 N–H and O–H groups in total. The molecule has 3 rings (SSSR count). The highest BCUT2D eigenvalue weighted by molar-refractivity contribution is 6.99. The van der Waals surface area contributed by atoms with Gasteiger partial charge in [-0.1, -0.05) is 88.4 Å². The molecule has 0 radical (unpaired) electrons. The molecular formula is C23H32O2Si. The highest BCUT2D eigenvalue weighted by Crippen LogP contribution is 2.37. The van der Waals surface area contributed by atoms with Crippen LogP contribution in [0, 0.1) is 5.92 Å². The van der Waals surface area contributed by atoms with Gasteiger partial charge in [0, 0.05) is 6.61 Å². The second-order valence-electron chi connectivity index (χ2n) is 8.61. The molecule has 2 aromatic carbocycles. The van der Waals surface area contributed by atoms with E-state index in [1.807, 2.05) is 0 Å². The van der Waals surface area contributed by atoms with Crippen LogP contribution >= 0.6 is 0 Å². The molecule has 1 aliphatic rings. The molecule has 2 aromatic rings. The first-order valence-corrected chi connectivity index (χ1v) is 11.7. The van der Waals surface area contributed by atoms with Gasteiger partial charge < -0.3 is 9.16 Å². The van der Waals surface area contributed by atoms with Crippen molar-refractivity contribution < 1.29 is 9.16 Å². The molecule has 2 atom stereocenters. The fraction of sp³-hybridized carbons (Fsp3) is 0.478. The Morgan fingerprint density at radius 2 is 1.46 bits per heavy atom. The van der Waals surface area contributed by atoms with Crippen molar-refractivity contribution in [2.45, 2.75) is 51.7 Å². The Bertz CT molecular complexity index is 631. The van der Waals surface area contributed by atoms with Crippen molar-refractivity contribution in [2.75, 3.05) is 13.2 Å². The summed E-state index contributed by atoms with van der Waals surface area (Å²) in [5.41, 5.74) is 0. The van der Waals surface area contributed by atoms with Gasteiger partial charge in [-0.25, -0.2) is 0 Å². The van der Waals surface area contributed by atoms with Gasteiger partial charge in [-0.2, -0.15) is 0 Å². The lowest BCUT2D eigenvalue weighted by atomic mass is 10.0. The minimum Gasteiger partial charge on any atom is -0.405 e. The first kappa shape index (κ1) is 19.3. The summed E-state index contributed by atoms with van der Waals surface area (Å²) in [6.07, 6.45) is 2.54. The van der Waals surface area contributed by atoms with E-state index < -0.39 is 8.32 Å². The molecular weight excluding hydrogens is 336 g/mol. The molecule has 0 spiro atoms. The van der Waals surface area contributed by atoms with Gasteiger partial charge >= 0.3 is 0 Å². The Morgan fingerprint density at radius 1 is 0.923 bits per heavy atom. The molecule has 0 saturated carbocycles. The molecule has 1 fully saturated rings. The summed E-state index contributed by atoms with van der Waals surface area (Å²) in [5, 5.41) is 2.70. The monoisotopic (exact) mass is 368 g/mol. The van der Waals surface area contributed by atoms with Crippen LogP contribution in [0.25, 0.3) is 0 Å². The minimum atomic E-state index is -2.43. The topological polar surface area (TPSA) is 18.5 Å². The maximum absolute atomic E-state index is 6.95. The molecule has 2 nitrogen and oxygen atoms in total. The summed E-state index contributed by atoms with van der Waals surface area (Å²) >= 11 is 0. The molecule has 0 unspecified atom stereocenters. The average Bonchev–Trinajstić information content (AvgIpc) is 2.64. The van der Waals surface area contributed by atoms with Crippen LogP contribution in [-0.2, 0) is 9.16 Å². The SMILES string of the molecule is C[C@@H]1CC[C@@H](CO[Si](c2ccccc2)(c2ccccc2)C(C)(C)C)OC1. The van der Waals surface area contributed by atoms with E-state index in [1.165, 1.54) is 16.8 Å². The van der Waals surface area contributed by atoms with E-state index in [1.54, 1.807) is 0 Å². The Hall–Kier alpha value is -1.42. The number of benzene rings is 2. The van der Waals surface area contributed by atoms with Crippen molar-refractivity contribution >= 4 is 18.7 Å². The molecule has 0 aliphatic carbocycles. The predicted octanol–water partition coefficient (Wildman–Crippen LogP) is 4.38. The predicted molar refractivity (Wildman–Crippen MR) is 112 cm³/mol. The van der Waals surface area contributed by atoms with Crippen LogP contribution in [0.5, 0.6) is 0 Å². The maximum Gasteiger partial charge on any atom is 0.261 e. The number of hydrogen-bond donors (Lipinski definition) is 0. The fourth-order valence-corrected chi connectivity index (χ4v) is 8.64. The highest BCUT2D eigenvalue weighted by atomic mass is 28.4. The lowest BCUT2D eigenvalue weighted by Gasteiger charge is -2.44. The molecule has 0 bridgehead atoms. The lowest BCUT2D eigenvalue weighted by Crippen LogP contribution is -2.67. The van der Waals surface area contributed by atoms with Crippen LogP contribution in [0.1, 0.15) is 40.5 Å².